The number of aromatic nitrogens is 4. The maximum atomic E-state index is 10.6. The Morgan fingerprint density at radius 3 is 2.71 bits per heavy atom. The number of non-ortho nitro benzene ring substituents is 1. The maximum Gasteiger partial charge on any atom is 0.269 e. The van der Waals surface area contributed by atoms with E-state index in [1.807, 2.05) is 6.92 Å². The van der Waals surface area contributed by atoms with Crippen LogP contribution in [0.1, 0.15) is 18.7 Å². The van der Waals surface area contributed by atoms with Crippen molar-refractivity contribution in [1.82, 2.24) is 19.6 Å². The van der Waals surface area contributed by atoms with Gasteiger partial charge in [0, 0.05) is 18.3 Å². The van der Waals surface area contributed by atoms with Crippen LogP contribution in [0.5, 0.6) is 5.75 Å². The summed E-state index contributed by atoms with van der Waals surface area (Å²) in [4.78, 5) is 18.3. The molecule has 0 unspecified atom stereocenters. The zero-order chi connectivity index (χ0) is 14.8. The van der Waals surface area contributed by atoms with E-state index in [1.165, 1.54) is 18.5 Å². The van der Waals surface area contributed by atoms with Crippen LogP contribution in [0.2, 0.25) is 0 Å². The summed E-state index contributed by atoms with van der Waals surface area (Å²) in [6.45, 7) is 1.86. The molecule has 0 amide bonds. The third-order valence-corrected chi connectivity index (χ3v) is 2.99. The van der Waals surface area contributed by atoms with Crippen molar-refractivity contribution in [3.05, 3.63) is 58.7 Å². The molecule has 2 heterocycles. The Labute approximate surface area is 119 Å². The van der Waals surface area contributed by atoms with Gasteiger partial charge in [-0.05, 0) is 25.1 Å². The van der Waals surface area contributed by atoms with Crippen molar-refractivity contribution in [2.24, 2.45) is 0 Å². The normalized spacial score (nSPS) is 12.2. The fourth-order valence-electron chi connectivity index (χ4n) is 1.98. The van der Waals surface area contributed by atoms with Crippen LogP contribution in [0.15, 0.2) is 42.9 Å². The zero-order valence-electron chi connectivity index (χ0n) is 11.1. The molecular weight excluding hydrogens is 274 g/mol. The quantitative estimate of drug-likeness (QED) is 0.538. The first-order valence-corrected chi connectivity index (χ1v) is 6.21. The van der Waals surface area contributed by atoms with E-state index in [0.717, 1.165) is 5.69 Å². The fourth-order valence-corrected chi connectivity index (χ4v) is 1.98. The van der Waals surface area contributed by atoms with Crippen LogP contribution < -0.4 is 4.74 Å². The zero-order valence-corrected chi connectivity index (χ0v) is 11.1. The number of nitro benzene ring substituents is 1. The van der Waals surface area contributed by atoms with E-state index in [2.05, 4.69) is 15.1 Å². The van der Waals surface area contributed by atoms with Gasteiger partial charge in [0.05, 0.1) is 10.6 Å². The maximum absolute atomic E-state index is 10.6. The number of hydrogen-bond donors (Lipinski definition) is 0. The van der Waals surface area contributed by atoms with Gasteiger partial charge >= 0.3 is 0 Å². The minimum absolute atomic E-state index is 0.0255. The summed E-state index contributed by atoms with van der Waals surface area (Å²) in [5.74, 6) is 1.03. The summed E-state index contributed by atoms with van der Waals surface area (Å²) >= 11 is 0. The largest absolute Gasteiger partial charge is 0.484 e. The molecular formula is C13H11N5O3. The van der Waals surface area contributed by atoms with Gasteiger partial charge in [0.25, 0.3) is 11.5 Å². The molecule has 0 bridgehead atoms. The predicted molar refractivity (Wildman–Crippen MR) is 72.9 cm³/mol. The Balaban J connectivity index is 1.84. The Morgan fingerprint density at radius 1 is 1.24 bits per heavy atom. The van der Waals surface area contributed by atoms with Gasteiger partial charge in [-0.15, -0.1) is 0 Å². The third kappa shape index (κ3) is 2.50. The Morgan fingerprint density at radius 2 is 2.00 bits per heavy atom. The number of hydrogen-bond acceptors (Lipinski definition) is 6. The molecule has 0 radical (unpaired) electrons. The van der Waals surface area contributed by atoms with Gasteiger partial charge in [-0.2, -0.15) is 14.6 Å². The highest BCUT2D eigenvalue weighted by atomic mass is 16.6. The van der Waals surface area contributed by atoms with E-state index in [1.54, 1.807) is 28.9 Å². The van der Waals surface area contributed by atoms with E-state index in [4.69, 9.17) is 4.74 Å². The van der Waals surface area contributed by atoms with Crippen molar-refractivity contribution >= 4 is 11.5 Å². The molecule has 0 N–H and O–H groups in total. The second-order valence-corrected chi connectivity index (χ2v) is 4.35. The van der Waals surface area contributed by atoms with Crippen LogP contribution in [-0.2, 0) is 0 Å². The number of nitrogens with zero attached hydrogens (tertiary/aromatic N) is 5. The lowest BCUT2D eigenvalue weighted by Gasteiger charge is -2.15. The summed E-state index contributed by atoms with van der Waals surface area (Å²) in [7, 11) is 0. The number of benzene rings is 1. The molecule has 8 nitrogen and oxygen atoms in total. The summed E-state index contributed by atoms with van der Waals surface area (Å²) in [6, 6.07) is 7.72. The number of rotatable bonds is 4. The average Bonchev–Trinajstić information content (AvgIpc) is 2.96. The fraction of sp³-hybridized carbons (Fsp3) is 0.154. The van der Waals surface area contributed by atoms with E-state index >= 15 is 0 Å². The molecule has 0 saturated carbocycles. The molecule has 0 aliphatic heterocycles. The number of fused-ring (bicyclic) bond motifs is 1. The van der Waals surface area contributed by atoms with Crippen molar-refractivity contribution in [3.63, 3.8) is 0 Å². The Bertz CT molecular complexity index is 784. The van der Waals surface area contributed by atoms with E-state index in [9.17, 15) is 10.1 Å². The predicted octanol–water partition coefficient (Wildman–Crippen LogP) is 2.17. The van der Waals surface area contributed by atoms with Crippen LogP contribution in [0, 0.1) is 10.1 Å². The highest BCUT2D eigenvalue weighted by Crippen LogP contribution is 2.23. The highest BCUT2D eigenvalue weighted by Gasteiger charge is 2.13. The summed E-state index contributed by atoms with van der Waals surface area (Å²) in [5.41, 5.74) is 0.813. The molecule has 21 heavy (non-hydrogen) atoms. The molecule has 0 fully saturated rings. The van der Waals surface area contributed by atoms with Gasteiger partial charge in [-0.3, -0.25) is 10.1 Å². The standard InChI is InChI=1S/C13H11N5O3/c1-9(12-6-7-14-13-15-8-16-17(12)13)21-11-4-2-10(3-5-11)18(19)20/h2-9H,1H3/t9-/m1/s1. The van der Waals surface area contributed by atoms with Crippen LogP contribution in [0.25, 0.3) is 5.78 Å². The van der Waals surface area contributed by atoms with Crippen LogP contribution in [0.3, 0.4) is 0 Å². The first kappa shape index (κ1) is 13.0. The van der Waals surface area contributed by atoms with Crippen molar-refractivity contribution in [2.75, 3.05) is 0 Å². The van der Waals surface area contributed by atoms with Gasteiger partial charge in [0.15, 0.2) is 0 Å². The summed E-state index contributed by atoms with van der Waals surface area (Å²) in [5, 5.41) is 14.7. The number of nitro groups is 1. The highest BCUT2D eigenvalue weighted by molar-refractivity contribution is 5.36. The van der Waals surface area contributed by atoms with Gasteiger partial charge in [0.1, 0.15) is 18.2 Å². The van der Waals surface area contributed by atoms with Crippen molar-refractivity contribution in [2.45, 2.75) is 13.0 Å². The van der Waals surface area contributed by atoms with Gasteiger partial charge in [-0.25, -0.2) is 4.98 Å². The molecule has 1 aromatic carbocycles. The van der Waals surface area contributed by atoms with Gasteiger partial charge in [0.2, 0.25) is 0 Å². The van der Waals surface area contributed by atoms with Crippen LogP contribution in [-0.4, -0.2) is 24.5 Å². The molecule has 3 aromatic rings. The van der Waals surface area contributed by atoms with E-state index < -0.39 is 4.92 Å². The van der Waals surface area contributed by atoms with E-state index in [0.29, 0.717) is 11.5 Å². The van der Waals surface area contributed by atoms with Gasteiger partial charge in [-0.1, -0.05) is 0 Å². The Hall–Kier alpha value is -3.03. The van der Waals surface area contributed by atoms with Crippen LogP contribution >= 0.6 is 0 Å². The minimum Gasteiger partial charge on any atom is -0.484 e. The molecule has 106 valence electrons. The van der Waals surface area contributed by atoms with Crippen molar-refractivity contribution < 1.29 is 9.66 Å². The average molecular weight is 285 g/mol. The molecule has 1 atom stereocenters. The van der Waals surface area contributed by atoms with Crippen molar-refractivity contribution in [3.8, 4) is 5.75 Å². The molecule has 0 spiro atoms. The molecule has 3 rings (SSSR count). The monoisotopic (exact) mass is 285 g/mol. The molecule has 0 aliphatic carbocycles. The number of ether oxygens (including phenoxy) is 1. The second kappa shape index (κ2) is 5.16. The Kier molecular flexibility index (Phi) is 3.19. The first-order chi connectivity index (χ1) is 10.1. The second-order valence-electron chi connectivity index (χ2n) is 4.35. The minimum atomic E-state index is -0.449. The van der Waals surface area contributed by atoms with Crippen LogP contribution in [0.4, 0.5) is 5.69 Å². The lowest BCUT2D eigenvalue weighted by atomic mass is 10.2. The van der Waals surface area contributed by atoms with Gasteiger partial charge < -0.3 is 4.74 Å². The molecule has 0 saturated heterocycles. The first-order valence-electron chi connectivity index (χ1n) is 6.21. The lowest BCUT2D eigenvalue weighted by molar-refractivity contribution is -0.384. The smallest absolute Gasteiger partial charge is 0.269 e. The topological polar surface area (TPSA) is 95.5 Å². The van der Waals surface area contributed by atoms with E-state index in [-0.39, 0.29) is 11.8 Å². The SMILES string of the molecule is C[C@@H](Oc1ccc([N+](=O)[O-])cc1)c1ccnc2ncnn12. The van der Waals surface area contributed by atoms with Crippen molar-refractivity contribution in [1.29, 1.82) is 0 Å². The summed E-state index contributed by atoms with van der Waals surface area (Å²) in [6.07, 6.45) is 2.75. The summed E-state index contributed by atoms with van der Waals surface area (Å²) < 4.78 is 7.37. The lowest BCUT2D eigenvalue weighted by Crippen LogP contribution is -2.10. The molecule has 2 aromatic heterocycles. The molecule has 0 aliphatic rings. The third-order valence-electron chi connectivity index (χ3n) is 2.99. The molecule has 8 heteroatoms.